The maximum Gasteiger partial charge on any atom is 0.320 e. The van der Waals surface area contributed by atoms with Gasteiger partial charge in [-0.05, 0) is 24.8 Å². The molecule has 3 N–H and O–H groups in total. The van der Waals surface area contributed by atoms with Crippen LogP contribution in [-0.4, -0.2) is 17.1 Å². The maximum atomic E-state index is 10.4. The molecule has 0 spiro atoms. The number of aliphatic carboxylic acids is 1. The SMILES string of the molecule is NC(CCCc1ccccc1)C(=O)O. The standard InChI is InChI=1S/C11H15NO2/c12-10(11(13)14)8-4-7-9-5-2-1-3-6-9/h1-3,5-6,10H,4,7-8,12H2,(H,13,14). The van der Waals surface area contributed by atoms with Crippen LogP contribution in [0.5, 0.6) is 0 Å². The number of carboxylic acids is 1. The molecule has 1 aromatic carbocycles. The van der Waals surface area contributed by atoms with E-state index in [0.717, 1.165) is 12.8 Å². The van der Waals surface area contributed by atoms with Crippen LogP contribution in [0, 0.1) is 0 Å². The molecule has 0 aliphatic carbocycles. The van der Waals surface area contributed by atoms with Gasteiger partial charge in [0.25, 0.3) is 0 Å². The Bertz CT molecular complexity index is 285. The van der Waals surface area contributed by atoms with E-state index in [0.29, 0.717) is 6.42 Å². The van der Waals surface area contributed by atoms with Crippen molar-refractivity contribution in [3.63, 3.8) is 0 Å². The molecular weight excluding hydrogens is 178 g/mol. The molecule has 0 aliphatic heterocycles. The predicted molar refractivity (Wildman–Crippen MR) is 55.0 cm³/mol. The summed E-state index contributed by atoms with van der Waals surface area (Å²) < 4.78 is 0. The molecule has 3 heteroatoms. The Morgan fingerprint density at radius 1 is 1.36 bits per heavy atom. The van der Waals surface area contributed by atoms with Gasteiger partial charge in [-0.15, -0.1) is 0 Å². The molecule has 0 heterocycles. The molecule has 76 valence electrons. The lowest BCUT2D eigenvalue weighted by molar-refractivity contribution is -0.138. The average Bonchev–Trinajstić information content (AvgIpc) is 2.19. The summed E-state index contributed by atoms with van der Waals surface area (Å²) in [7, 11) is 0. The molecule has 1 atom stereocenters. The molecule has 0 radical (unpaired) electrons. The molecule has 1 unspecified atom stereocenters. The number of hydrogen-bond donors (Lipinski definition) is 2. The van der Waals surface area contributed by atoms with Gasteiger partial charge in [0.2, 0.25) is 0 Å². The summed E-state index contributed by atoms with van der Waals surface area (Å²) in [6.45, 7) is 0. The highest BCUT2D eigenvalue weighted by Gasteiger charge is 2.09. The Hall–Kier alpha value is -1.35. The molecular formula is C11H15NO2. The van der Waals surface area contributed by atoms with E-state index in [9.17, 15) is 4.79 Å². The molecule has 1 aromatic rings. The Labute approximate surface area is 83.6 Å². The van der Waals surface area contributed by atoms with E-state index >= 15 is 0 Å². The zero-order valence-electron chi connectivity index (χ0n) is 8.02. The van der Waals surface area contributed by atoms with Crippen molar-refractivity contribution >= 4 is 5.97 Å². The minimum Gasteiger partial charge on any atom is -0.480 e. The normalized spacial score (nSPS) is 12.4. The Morgan fingerprint density at radius 2 is 2.00 bits per heavy atom. The third kappa shape index (κ3) is 3.58. The van der Waals surface area contributed by atoms with Crippen molar-refractivity contribution in [2.45, 2.75) is 25.3 Å². The fourth-order valence-electron chi connectivity index (χ4n) is 1.29. The fourth-order valence-corrected chi connectivity index (χ4v) is 1.29. The molecule has 1 rings (SSSR count). The summed E-state index contributed by atoms with van der Waals surface area (Å²) >= 11 is 0. The molecule has 0 bridgehead atoms. The van der Waals surface area contributed by atoms with E-state index in [4.69, 9.17) is 10.8 Å². The van der Waals surface area contributed by atoms with Gasteiger partial charge < -0.3 is 10.8 Å². The van der Waals surface area contributed by atoms with Gasteiger partial charge in [0.05, 0.1) is 0 Å². The molecule has 0 aliphatic rings. The zero-order valence-corrected chi connectivity index (χ0v) is 8.02. The first-order valence-corrected chi connectivity index (χ1v) is 4.72. The zero-order chi connectivity index (χ0) is 10.4. The molecule has 3 nitrogen and oxygen atoms in total. The second kappa shape index (κ2) is 5.40. The average molecular weight is 193 g/mol. The summed E-state index contributed by atoms with van der Waals surface area (Å²) in [6.07, 6.45) is 2.24. The third-order valence-electron chi connectivity index (χ3n) is 2.14. The van der Waals surface area contributed by atoms with Gasteiger partial charge in [-0.3, -0.25) is 4.79 Å². The van der Waals surface area contributed by atoms with Crippen molar-refractivity contribution in [2.24, 2.45) is 5.73 Å². The quantitative estimate of drug-likeness (QED) is 0.743. The van der Waals surface area contributed by atoms with Crippen LogP contribution in [0.2, 0.25) is 0 Å². The maximum absolute atomic E-state index is 10.4. The molecule has 0 saturated carbocycles. The summed E-state index contributed by atoms with van der Waals surface area (Å²) in [6, 6.07) is 9.27. The first kappa shape index (κ1) is 10.7. The van der Waals surface area contributed by atoms with E-state index in [2.05, 4.69) is 0 Å². The molecule has 14 heavy (non-hydrogen) atoms. The Balaban J connectivity index is 2.26. The number of rotatable bonds is 5. The fraction of sp³-hybridized carbons (Fsp3) is 0.364. The third-order valence-corrected chi connectivity index (χ3v) is 2.14. The van der Waals surface area contributed by atoms with Gasteiger partial charge in [0.1, 0.15) is 6.04 Å². The first-order valence-electron chi connectivity index (χ1n) is 4.72. The van der Waals surface area contributed by atoms with E-state index in [1.165, 1.54) is 5.56 Å². The second-order valence-corrected chi connectivity index (χ2v) is 3.32. The summed E-state index contributed by atoms with van der Waals surface area (Å²) in [4.78, 5) is 10.4. The van der Waals surface area contributed by atoms with Gasteiger partial charge in [-0.1, -0.05) is 30.3 Å². The minimum atomic E-state index is -0.918. The van der Waals surface area contributed by atoms with Gasteiger partial charge in [-0.25, -0.2) is 0 Å². The van der Waals surface area contributed by atoms with Crippen LogP contribution in [0.1, 0.15) is 18.4 Å². The van der Waals surface area contributed by atoms with E-state index in [-0.39, 0.29) is 0 Å². The lowest BCUT2D eigenvalue weighted by Gasteiger charge is -2.05. The van der Waals surface area contributed by atoms with Crippen molar-refractivity contribution in [1.29, 1.82) is 0 Å². The van der Waals surface area contributed by atoms with Crippen molar-refractivity contribution in [1.82, 2.24) is 0 Å². The van der Waals surface area contributed by atoms with Crippen molar-refractivity contribution in [2.75, 3.05) is 0 Å². The molecule has 0 aromatic heterocycles. The Morgan fingerprint density at radius 3 is 2.57 bits per heavy atom. The topological polar surface area (TPSA) is 63.3 Å². The van der Waals surface area contributed by atoms with Gasteiger partial charge in [0, 0.05) is 0 Å². The van der Waals surface area contributed by atoms with Crippen LogP contribution in [0.15, 0.2) is 30.3 Å². The van der Waals surface area contributed by atoms with E-state index in [1.807, 2.05) is 30.3 Å². The highest BCUT2D eigenvalue weighted by Crippen LogP contribution is 2.05. The van der Waals surface area contributed by atoms with Gasteiger partial charge in [0.15, 0.2) is 0 Å². The largest absolute Gasteiger partial charge is 0.480 e. The number of carbonyl (C=O) groups is 1. The van der Waals surface area contributed by atoms with Crippen LogP contribution in [0.25, 0.3) is 0 Å². The lowest BCUT2D eigenvalue weighted by atomic mass is 10.1. The van der Waals surface area contributed by atoms with Crippen LogP contribution in [0.3, 0.4) is 0 Å². The Kier molecular flexibility index (Phi) is 4.13. The van der Waals surface area contributed by atoms with Gasteiger partial charge >= 0.3 is 5.97 Å². The highest BCUT2D eigenvalue weighted by atomic mass is 16.4. The van der Waals surface area contributed by atoms with Crippen molar-refractivity contribution < 1.29 is 9.90 Å². The van der Waals surface area contributed by atoms with Gasteiger partial charge in [-0.2, -0.15) is 0 Å². The minimum absolute atomic E-state index is 0.532. The van der Waals surface area contributed by atoms with Crippen LogP contribution >= 0.6 is 0 Å². The summed E-state index contributed by atoms with van der Waals surface area (Å²) in [5.41, 5.74) is 6.61. The second-order valence-electron chi connectivity index (χ2n) is 3.32. The number of nitrogens with two attached hydrogens (primary N) is 1. The smallest absolute Gasteiger partial charge is 0.320 e. The van der Waals surface area contributed by atoms with E-state index in [1.54, 1.807) is 0 Å². The van der Waals surface area contributed by atoms with Crippen molar-refractivity contribution in [3.8, 4) is 0 Å². The van der Waals surface area contributed by atoms with Crippen LogP contribution in [-0.2, 0) is 11.2 Å². The number of aryl methyl sites for hydroxylation is 1. The molecule has 0 amide bonds. The number of carboxylic acid groups (broad SMARTS) is 1. The van der Waals surface area contributed by atoms with E-state index < -0.39 is 12.0 Å². The molecule has 0 saturated heterocycles. The first-order chi connectivity index (χ1) is 6.70. The predicted octanol–water partition coefficient (Wildman–Crippen LogP) is 1.42. The summed E-state index contributed by atoms with van der Waals surface area (Å²) in [5.74, 6) is -0.918. The van der Waals surface area contributed by atoms with Crippen molar-refractivity contribution in [3.05, 3.63) is 35.9 Å². The summed E-state index contributed by atoms with van der Waals surface area (Å²) in [5, 5.41) is 8.55. The monoisotopic (exact) mass is 193 g/mol. The number of benzene rings is 1. The van der Waals surface area contributed by atoms with Crippen LogP contribution in [0.4, 0.5) is 0 Å². The van der Waals surface area contributed by atoms with Crippen LogP contribution < -0.4 is 5.73 Å². The lowest BCUT2D eigenvalue weighted by Crippen LogP contribution is -2.29. The molecule has 0 fully saturated rings. The number of hydrogen-bond acceptors (Lipinski definition) is 2. The highest BCUT2D eigenvalue weighted by molar-refractivity contribution is 5.72.